The maximum atomic E-state index is 8.73. The summed E-state index contributed by atoms with van der Waals surface area (Å²) in [6.07, 6.45) is 0. The van der Waals surface area contributed by atoms with E-state index >= 15 is 0 Å². The predicted molar refractivity (Wildman–Crippen MR) is 58.5 cm³/mol. The Kier molecular flexibility index (Phi) is 3.14. The third kappa shape index (κ3) is 1.95. The van der Waals surface area contributed by atoms with E-state index in [4.69, 9.17) is 14.7 Å². The van der Waals surface area contributed by atoms with Crippen molar-refractivity contribution in [2.45, 2.75) is 13.5 Å². The Hall–Kier alpha value is -0.780. The molecule has 0 saturated heterocycles. The highest BCUT2D eigenvalue weighted by Gasteiger charge is 2.19. The van der Waals surface area contributed by atoms with E-state index in [-0.39, 0.29) is 0 Å². The average Bonchev–Trinajstić information content (AvgIpc) is 2.24. The number of nitrogens with one attached hydrogen (secondary N) is 1. The molecule has 1 aromatic rings. The second-order valence-corrected chi connectivity index (χ2v) is 4.14. The molecular weight excluding hydrogens is 262 g/mol. The molecule has 2 N–H and O–H groups in total. The molecule has 0 aromatic heterocycles. The van der Waals surface area contributed by atoms with Gasteiger partial charge in [-0.05, 0) is 40.0 Å². The Bertz CT molecular complexity index is 381. The van der Waals surface area contributed by atoms with Crippen LogP contribution in [0.4, 0.5) is 0 Å². The van der Waals surface area contributed by atoms with Crippen LogP contribution < -0.4 is 15.0 Å². The van der Waals surface area contributed by atoms with Crippen LogP contribution in [-0.2, 0) is 6.54 Å². The van der Waals surface area contributed by atoms with Crippen molar-refractivity contribution in [1.29, 1.82) is 0 Å². The summed E-state index contributed by atoms with van der Waals surface area (Å²) in [4.78, 5) is 0. The fourth-order valence-corrected chi connectivity index (χ4v) is 2.36. The molecule has 0 fully saturated rings. The number of rotatable bonds is 2. The monoisotopic (exact) mass is 273 g/mol. The first-order valence-corrected chi connectivity index (χ1v) is 5.48. The molecule has 0 spiro atoms. The van der Waals surface area contributed by atoms with Gasteiger partial charge in [0.1, 0.15) is 13.2 Å². The molecule has 4 nitrogen and oxygen atoms in total. The van der Waals surface area contributed by atoms with Crippen LogP contribution in [0.3, 0.4) is 0 Å². The lowest BCUT2D eigenvalue weighted by Crippen LogP contribution is -2.17. The number of hydrogen-bond donors (Lipinski definition) is 2. The second-order valence-electron chi connectivity index (χ2n) is 3.35. The molecule has 5 heteroatoms. The molecule has 82 valence electrons. The van der Waals surface area contributed by atoms with Crippen LogP contribution in [0.1, 0.15) is 11.1 Å². The quantitative estimate of drug-likeness (QED) is 0.810. The number of halogens is 1. The third-order valence-electron chi connectivity index (χ3n) is 2.35. The van der Waals surface area contributed by atoms with E-state index in [0.717, 1.165) is 27.1 Å². The van der Waals surface area contributed by atoms with Crippen LogP contribution in [0.15, 0.2) is 10.5 Å². The molecule has 15 heavy (non-hydrogen) atoms. The minimum atomic E-state index is 0.378. The van der Waals surface area contributed by atoms with Gasteiger partial charge in [0.15, 0.2) is 11.5 Å². The molecule has 0 unspecified atom stereocenters. The summed E-state index contributed by atoms with van der Waals surface area (Å²) in [6.45, 7) is 3.48. The molecule has 1 heterocycles. The molecule has 1 aliphatic heterocycles. The normalized spacial score (nSPS) is 14.1. The Morgan fingerprint density at radius 1 is 1.47 bits per heavy atom. The van der Waals surface area contributed by atoms with Gasteiger partial charge in [-0.25, -0.2) is 5.48 Å². The van der Waals surface area contributed by atoms with Gasteiger partial charge >= 0.3 is 0 Å². The highest BCUT2D eigenvalue weighted by molar-refractivity contribution is 9.10. The van der Waals surface area contributed by atoms with Crippen molar-refractivity contribution in [2.24, 2.45) is 0 Å². The van der Waals surface area contributed by atoms with Gasteiger partial charge in [-0.3, -0.25) is 0 Å². The van der Waals surface area contributed by atoms with E-state index in [2.05, 4.69) is 21.4 Å². The molecular formula is C10H12BrNO3. The first-order chi connectivity index (χ1) is 7.24. The minimum Gasteiger partial charge on any atom is -0.486 e. The minimum absolute atomic E-state index is 0.378. The molecule has 0 bridgehead atoms. The SMILES string of the molecule is Cc1cc2c(c(Br)c1CNO)OCCO2. The topological polar surface area (TPSA) is 50.7 Å². The van der Waals surface area contributed by atoms with E-state index in [1.54, 1.807) is 0 Å². The van der Waals surface area contributed by atoms with Gasteiger partial charge in [0, 0.05) is 6.54 Å². The van der Waals surface area contributed by atoms with E-state index < -0.39 is 0 Å². The molecule has 2 rings (SSSR count). The zero-order valence-electron chi connectivity index (χ0n) is 8.34. The van der Waals surface area contributed by atoms with Crippen molar-refractivity contribution in [1.82, 2.24) is 5.48 Å². The number of benzene rings is 1. The van der Waals surface area contributed by atoms with Gasteiger partial charge in [-0.2, -0.15) is 0 Å². The lowest BCUT2D eigenvalue weighted by Gasteiger charge is -2.22. The Morgan fingerprint density at radius 2 is 2.20 bits per heavy atom. The average molecular weight is 274 g/mol. The smallest absolute Gasteiger partial charge is 0.175 e. The summed E-state index contributed by atoms with van der Waals surface area (Å²) in [5.74, 6) is 1.48. The van der Waals surface area contributed by atoms with Crippen molar-refractivity contribution in [3.63, 3.8) is 0 Å². The van der Waals surface area contributed by atoms with Crippen molar-refractivity contribution >= 4 is 15.9 Å². The van der Waals surface area contributed by atoms with Gasteiger partial charge in [-0.15, -0.1) is 0 Å². The summed E-state index contributed by atoms with van der Waals surface area (Å²) < 4.78 is 11.8. The standard InChI is InChI=1S/C10H12BrNO3/c1-6-4-8-10(15-3-2-14-8)9(11)7(6)5-12-13/h4,12-13H,2-3,5H2,1H3. The van der Waals surface area contributed by atoms with Gasteiger partial charge in [-0.1, -0.05) is 0 Å². The molecule has 0 aliphatic carbocycles. The van der Waals surface area contributed by atoms with E-state index in [1.165, 1.54) is 0 Å². The largest absolute Gasteiger partial charge is 0.486 e. The van der Waals surface area contributed by atoms with Crippen molar-refractivity contribution in [3.8, 4) is 11.5 Å². The zero-order chi connectivity index (χ0) is 10.8. The van der Waals surface area contributed by atoms with Crippen molar-refractivity contribution < 1.29 is 14.7 Å². The Balaban J connectivity index is 2.49. The predicted octanol–water partition coefficient (Wildman–Crippen LogP) is 2.01. The van der Waals surface area contributed by atoms with E-state index in [0.29, 0.717) is 19.8 Å². The number of aryl methyl sites for hydroxylation is 1. The van der Waals surface area contributed by atoms with E-state index in [1.807, 2.05) is 13.0 Å². The molecule has 0 amide bonds. The van der Waals surface area contributed by atoms with Crippen LogP contribution in [0.5, 0.6) is 11.5 Å². The fourth-order valence-electron chi connectivity index (χ4n) is 1.60. The maximum absolute atomic E-state index is 8.73. The number of hydroxylamine groups is 1. The molecule has 1 aromatic carbocycles. The van der Waals surface area contributed by atoms with Crippen molar-refractivity contribution in [2.75, 3.05) is 13.2 Å². The van der Waals surface area contributed by atoms with E-state index in [9.17, 15) is 0 Å². The zero-order valence-corrected chi connectivity index (χ0v) is 9.93. The molecule has 0 saturated carbocycles. The summed E-state index contributed by atoms with van der Waals surface area (Å²) >= 11 is 3.46. The summed E-state index contributed by atoms with van der Waals surface area (Å²) in [5.41, 5.74) is 4.17. The summed E-state index contributed by atoms with van der Waals surface area (Å²) in [7, 11) is 0. The van der Waals surface area contributed by atoms with Gasteiger partial charge in [0.05, 0.1) is 4.47 Å². The fraction of sp³-hybridized carbons (Fsp3) is 0.400. The van der Waals surface area contributed by atoms with Crippen LogP contribution in [0, 0.1) is 6.92 Å². The summed E-state index contributed by atoms with van der Waals surface area (Å²) in [5, 5.41) is 8.73. The lowest BCUT2D eigenvalue weighted by molar-refractivity contribution is 0.158. The number of hydrogen-bond acceptors (Lipinski definition) is 4. The van der Waals surface area contributed by atoms with Crippen LogP contribution >= 0.6 is 15.9 Å². The lowest BCUT2D eigenvalue weighted by atomic mass is 10.1. The van der Waals surface area contributed by atoms with Crippen LogP contribution in [0.2, 0.25) is 0 Å². The van der Waals surface area contributed by atoms with Gasteiger partial charge in [0.2, 0.25) is 0 Å². The van der Waals surface area contributed by atoms with Crippen molar-refractivity contribution in [3.05, 3.63) is 21.7 Å². The highest BCUT2D eigenvalue weighted by Crippen LogP contribution is 2.41. The number of fused-ring (bicyclic) bond motifs is 1. The Morgan fingerprint density at radius 3 is 2.93 bits per heavy atom. The molecule has 0 radical (unpaired) electrons. The summed E-state index contributed by atoms with van der Waals surface area (Å²) in [6, 6.07) is 1.92. The molecule has 0 atom stereocenters. The van der Waals surface area contributed by atoms with Gasteiger partial charge < -0.3 is 14.7 Å². The second kappa shape index (κ2) is 4.38. The third-order valence-corrected chi connectivity index (χ3v) is 3.19. The first kappa shape index (κ1) is 10.7. The highest BCUT2D eigenvalue weighted by atomic mass is 79.9. The van der Waals surface area contributed by atoms with Crippen LogP contribution in [0.25, 0.3) is 0 Å². The Labute approximate surface area is 96.3 Å². The maximum Gasteiger partial charge on any atom is 0.175 e. The van der Waals surface area contributed by atoms with Gasteiger partial charge in [0.25, 0.3) is 0 Å². The first-order valence-electron chi connectivity index (χ1n) is 4.68. The molecule has 1 aliphatic rings. The number of ether oxygens (including phenoxy) is 2. The van der Waals surface area contributed by atoms with Crippen LogP contribution in [-0.4, -0.2) is 18.4 Å².